The Kier molecular flexibility index (Phi) is 10.5. The van der Waals surface area contributed by atoms with E-state index in [0.717, 1.165) is 16.7 Å². The maximum Gasteiger partial charge on any atom is 0.410 e. The molecule has 1 aliphatic heterocycles. The number of amides is 1. The monoisotopic (exact) mass is 561 g/mol. The molecule has 0 aliphatic carbocycles. The van der Waals surface area contributed by atoms with Crippen LogP contribution in [0.2, 0.25) is 0 Å². The van der Waals surface area contributed by atoms with E-state index in [0.29, 0.717) is 0 Å². The third-order valence-electron chi connectivity index (χ3n) is 6.97. The van der Waals surface area contributed by atoms with Gasteiger partial charge in [-0.05, 0) is 37.5 Å². The van der Waals surface area contributed by atoms with E-state index in [-0.39, 0.29) is 26.4 Å². The number of aliphatic hydroxyl groups is 1. The summed E-state index contributed by atoms with van der Waals surface area (Å²) < 4.78 is 24.2. The van der Waals surface area contributed by atoms with Crippen LogP contribution in [-0.4, -0.2) is 59.6 Å². The van der Waals surface area contributed by atoms with Crippen LogP contribution in [0.4, 0.5) is 4.79 Å². The summed E-state index contributed by atoms with van der Waals surface area (Å²) in [5, 5.41) is 10.6. The van der Waals surface area contributed by atoms with Crippen LogP contribution in [0.1, 0.15) is 37.5 Å². The number of esters is 1. The van der Waals surface area contributed by atoms with Crippen molar-refractivity contribution in [2.45, 2.75) is 64.9 Å². The lowest BCUT2D eigenvalue weighted by Gasteiger charge is -2.30. The molecule has 1 heterocycles. The van der Waals surface area contributed by atoms with Crippen LogP contribution in [0.5, 0.6) is 0 Å². The number of aliphatic hydroxyl groups excluding tert-OH is 1. The average molecular weight is 562 g/mol. The zero-order valence-electron chi connectivity index (χ0n) is 23.8. The zero-order valence-corrected chi connectivity index (χ0v) is 23.8. The second-order valence-electron chi connectivity index (χ2n) is 11.1. The van der Waals surface area contributed by atoms with Gasteiger partial charge in [-0.3, -0.25) is 9.69 Å². The molecule has 0 unspecified atom stereocenters. The van der Waals surface area contributed by atoms with Gasteiger partial charge in [-0.15, -0.1) is 0 Å². The largest absolute Gasteiger partial charge is 0.463 e. The molecule has 1 N–H and O–H groups in total. The van der Waals surface area contributed by atoms with E-state index in [1.54, 1.807) is 20.8 Å². The van der Waals surface area contributed by atoms with Crippen LogP contribution in [0.25, 0.3) is 0 Å². The van der Waals surface area contributed by atoms with Gasteiger partial charge in [-0.2, -0.15) is 0 Å². The molecule has 8 heteroatoms. The van der Waals surface area contributed by atoms with Gasteiger partial charge in [0, 0.05) is 0 Å². The Morgan fingerprint density at radius 1 is 0.683 bits per heavy atom. The zero-order chi connectivity index (χ0) is 29.2. The molecule has 1 aliphatic rings. The highest BCUT2D eigenvalue weighted by atomic mass is 16.6. The van der Waals surface area contributed by atoms with Gasteiger partial charge in [-0.25, -0.2) is 4.79 Å². The third-order valence-corrected chi connectivity index (χ3v) is 6.97. The van der Waals surface area contributed by atoms with Crippen molar-refractivity contribution in [1.29, 1.82) is 0 Å². The van der Waals surface area contributed by atoms with Gasteiger partial charge in [0.2, 0.25) is 0 Å². The van der Waals surface area contributed by atoms with E-state index < -0.39 is 48.4 Å². The maximum absolute atomic E-state index is 13.6. The molecular formula is C33H39NO7. The lowest BCUT2D eigenvalue weighted by Crippen LogP contribution is -2.48. The van der Waals surface area contributed by atoms with Crippen molar-refractivity contribution in [1.82, 2.24) is 4.90 Å². The highest BCUT2D eigenvalue weighted by Gasteiger charge is 2.53. The molecule has 3 aromatic carbocycles. The van der Waals surface area contributed by atoms with Gasteiger partial charge in [0.1, 0.15) is 25.4 Å². The van der Waals surface area contributed by atoms with Crippen LogP contribution < -0.4 is 0 Å². The Morgan fingerprint density at radius 2 is 1.12 bits per heavy atom. The van der Waals surface area contributed by atoms with Crippen molar-refractivity contribution in [3.05, 3.63) is 108 Å². The lowest BCUT2D eigenvalue weighted by atomic mass is 9.97. The second-order valence-corrected chi connectivity index (χ2v) is 11.1. The molecule has 0 bridgehead atoms. The quantitative estimate of drug-likeness (QED) is 0.325. The van der Waals surface area contributed by atoms with Gasteiger partial charge in [0.15, 0.2) is 0 Å². The van der Waals surface area contributed by atoms with Crippen LogP contribution in [-0.2, 0) is 43.6 Å². The summed E-state index contributed by atoms with van der Waals surface area (Å²) in [4.78, 5) is 27.8. The number of carbonyl (C=O) groups excluding carboxylic acids is 2. The van der Waals surface area contributed by atoms with Crippen molar-refractivity contribution in [3.8, 4) is 0 Å². The fourth-order valence-electron chi connectivity index (χ4n) is 4.75. The summed E-state index contributed by atoms with van der Waals surface area (Å²) in [5.74, 6) is -0.411. The van der Waals surface area contributed by atoms with E-state index in [4.69, 9.17) is 18.9 Å². The minimum Gasteiger partial charge on any atom is -0.463 e. The van der Waals surface area contributed by atoms with Crippen molar-refractivity contribution in [3.63, 3.8) is 0 Å². The summed E-state index contributed by atoms with van der Waals surface area (Å²) in [5.41, 5.74) is 1.96. The smallest absolute Gasteiger partial charge is 0.410 e. The van der Waals surface area contributed by atoms with E-state index in [2.05, 4.69) is 0 Å². The van der Waals surface area contributed by atoms with E-state index in [1.165, 1.54) is 4.90 Å². The van der Waals surface area contributed by atoms with Crippen LogP contribution in [0.3, 0.4) is 0 Å². The summed E-state index contributed by atoms with van der Waals surface area (Å²) in [6.45, 7) is 5.30. The number of carbonyl (C=O) groups is 2. The molecule has 4 rings (SSSR count). The molecule has 8 nitrogen and oxygen atoms in total. The predicted octanol–water partition coefficient (Wildman–Crippen LogP) is 5.13. The molecule has 0 spiro atoms. The fourth-order valence-corrected chi connectivity index (χ4v) is 4.75. The highest BCUT2D eigenvalue weighted by Crippen LogP contribution is 2.33. The summed E-state index contributed by atoms with van der Waals surface area (Å²) in [7, 11) is 0. The second kappa shape index (κ2) is 14.3. The number of likely N-dealkylation sites (tertiary alicyclic amines) is 1. The molecule has 0 saturated carbocycles. The van der Waals surface area contributed by atoms with Gasteiger partial charge < -0.3 is 24.1 Å². The molecule has 0 aromatic heterocycles. The van der Waals surface area contributed by atoms with Crippen molar-refractivity contribution in [2.24, 2.45) is 5.41 Å². The van der Waals surface area contributed by atoms with Crippen LogP contribution in [0, 0.1) is 5.41 Å². The number of benzene rings is 3. The highest BCUT2D eigenvalue weighted by molar-refractivity contribution is 5.75. The van der Waals surface area contributed by atoms with Gasteiger partial charge >= 0.3 is 12.1 Å². The molecule has 3 aromatic rings. The minimum absolute atomic E-state index is 0.0495. The standard InChI is InChI=1S/C33H39NO7/c1-33(2,3)31(36)40-23-28-30(39-21-25-15-9-5-10-16-25)29(38-20-24-13-7-4-8-14-24)27(19-35)34(28)32(37)41-22-26-17-11-6-12-18-26/h4-18,27-30,35H,19-23H2,1-3H3/t27-,28+,29+,30-/m0/s1. The van der Waals surface area contributed by atoms with Crippen molar-refractivity contribution >= 4 is 12.1 Å². The molecule has 1 amide bonds. The molecular weight excluding hydrogens is 522 g/mol. The number of nitrogens with zero attached hydrogens (tertiary/aromatic N) is 1. The molecule has 0 radical (unpaired) electrons. The molecule has 1 fully saturated rings. The van der Waals surface area contributed by atoms with Gasteiger partial charge in [0.05, 0.1) is 37.3 Å². The summed E-state index contributed by atoms with van der Waals surface area (Å²) in [6, 6.07) is 27.1. The predicted molar refractivity (Wildman–Crippen MR) is 154 cm³/mol. The summed E-state index contributed by atoms with van der Waals surface area (Å²) >= 11 is 0. The number of ether oxygens (including phenoxy) is 4. The van der Waals surface area contributed by atoms with Gasteiger partial charge in [0.25, 0.3) is 0 Å². The molecule has 4 atom stereocenters. The SMILES string of the molecule is CC(C)(C)C(=O)OC[C@@H]1[C@H](OCc2ccccc2)[C@H](OCc2ccccc2)[C@H](CO)N1C(=O)OCc1ccccc1. The Morgan fingerprint density at radius 3 is 1.56 bits per heavy atom. The molecule has 41 heavy (non-hydrogen) atoms. The average Bonchev–Trinajstić information content (AvgIpc) is 3.29. The van der Waals surface area contributed by atoms with Crippen molar-refractivity contribution < 1.29 is 33.6 Å². The molecule has 218 valence electrons. The molecule has 1 saturated heterocycles. The maximum atomic E-state index is 13.6. The Hall–Kier alpha value is -3.72. The fraction of sp³-hybridized carbons (Fsp3) is 0.394. The topological polar surface area (TPSA) is 94.5 Å². The lowest BCUT2D eigenvalue weighted by molar-refractivity contribution is -0.156. The van der Waals surface area contributed by atoms with Gasteiger partial charge in [-0.1, -0.05) is 91.0 Å². The first-order valence-corrected chi connectivity index (χ1v) is 13.9. The van der Waals surface area contributed by atoms with E-state index in [1.807, 2.05) is 91.0 Å². The van der Waals surface area contributed by atoms with Crippen molar-refractivity contribution in [2.75, 3.05) is 13.2 Å². The van der Waals surface area contributed by atoms with Crippen LogP contribution in [0.15, 0.2) is 91.0 Å². The van der Waals surface area contributed by atoms with E-state index >= 15 is 0 Å². The first kappa shape index (κ1) is 30.2. The van der Waals surface area contributed by atoms with E-state index in [9.17, 15) is 14.7 Å². The Labute approximate surface area is 241 Å². The number of rotatable bonds is 11. The summed E-state index contributed by atoms with van der Waals surface area (Å²) in [6.07, 6.45) is -2.08. The minimum atomic E-state index is -0.791. The number of hydrogen-bond acceptors (Lipinski definition) is 7. The Balaban J connectivity index is 1.63. The number of hydrogen-bond donors (Lipinski definition) is 1. The third kappa shape index (κ3) is 8.16. The first-order valence-electron chi connectivity index (χ1n) is 13.9. The first-order chi connectivity index (χ1) is 19.8. The van der Waals surface area contributed by atoms with Crippen LogP contribution >= 0.6 is 0 Å². The normalized spacial score (nSPS) is 20.5. The Bertz CT molecular complexity index is 1230.